The number of nitrogens with two attached hydrogens (primary N) is 1. The maximum absolute atomic E-state index is 12.7. The van der Waals surface area contributed by atoms with Gasteiger partial charge in [0.15, 0.2) is 0 Å². The molecule has 82 valence electrons. The van der Waals surface area contributed by atoms with Crippen molar-refractivity contribution < 1.29 is 14.3 Å². The van der Waals surface area contributed by atoms with E-state index in [-0.39, 0.29) is 17.0 Å². The summed E-state index contributed by atoms with van der Waals surface area (Å²) in [5.41, 5.74) is 6.36. The first kappa shape index (κ1) is 11.9. The molecule has 0 heterocycles. The number of carboxylic acid groups (broad SMARTS) is 1. The standard InChI is InChI=1S/C10H11ClFNO2/c11-8-3-1-2-6(7(8)5-12)9(13)4-10(14)15/h1-3,9H,4-5,13H2,(H,14,15). The van der Waals surface area contributed by atoms with Crippen LogP contribution >= 0.6 is 11.6 Å². The third-order valence-corrected chi connectivity index (χ3v) is 2.44. The molecule has 0 aromatic heterocycles. The molecule has 0 bridgehead atoms. The van der Waals surface area contributed by atoms with E-state index in [0.29, 0.717) is 5.56 Å². The van der Waals surface area contributed by atoms with Crippen LogP contribution in [0.1, 0.15) is 23.6 Å². The second-order valence-electron chi connectivity index (χ2n) is 3.15. The van der Waals surface area contributed by atoms with E-state index < -0.39 is 18.7 Å². The summed E-state index contributed by atoms with van der Waals surface area (Å²) in [6.07, 6.45) is -0.243. The van der Waals surface area contributed by atoms with Crippen LogP contribution in [0.3, 0.4) is 0 Å². The molecule has 15 heavy (non-hydrogen) atoms. The molecule has 0 aliphatic rings. The van der Waals surface area contributed by atoms with Gasteiger partial charge in [0.25, 0.3) is 0 Å². The molecule has 0 radical (unpaired) electrons. The zero-order chi connectivity index (χ0) is 11.4. The third kappa shape index (κ3) is 2.91. The average molecular weight is 232 g/mol. The van der Waals surface area contributed by atoms with Gasteiger partial charge in [-0.1, -0.05) is 23.7 Å². The fourth-order valence-corrected chi connectivity index (χ4v) is 1.59. The number of aliphatic carboxylic acids is 1. The zero-order valence-electron chi connectivity index (χ0n) is 7.91. The Hall–Kier alpha value is -1.13. The molecule has 0 fully saturated rings. The summed E-state index contributed by atoms with van der Waals surface area (Å²) in [5.74, 6) is -1.02. The van der Waals surface area contributed by atoms with Gasteiger partial charge in [-0.3, -0.25) is 4.79 Å². The summed E-state index contributed by atoms with van der Waals surface area (Å²) in [6.45, 7) is -0.748. The molecule has 0 aliphatic carbocycles. The predicted octanol–water partition coefficient (Wildman–Crippen LogP) is 2.28. The molecule has 1 aromatic carbocycles. The van der Waals surface area contributed by atoms with Crippen LogP contribution < -0.4 is 5.73 Å². The Balaban J connectivity index is 3.02. The van der Waals surface area contributed by atoms with Crippen LogP contribution in [0, 0.1) is 0 Å². The van der Waals surface area contributed by atoms with E-state index in [0.717, 1.165) is 0 Å². The lowest BCUT2D eigenvalue weighted by atomic mass is 9.99. The highest BCUT2D eigenvalue weighted by molar-refractivity contribution is 6.31. The normalized spacial score (nSPS) is 12.5. The zero-order valence-corrected chi connectivity index (χ0v) is 8.67. The third-order valence-electron chi connectivity index (χ3n) is 2.08. The van der Waals surface area contributed by atoms with E-state index in [1.54, 1.807) is 18.2 Å². The predicted molar refractivity (Wildman–Crippen MR) is 55.4 cm³/mol. The summed E-state index contributed by atoms with van der Waals surface area (Å²) >= 11 is 5.77. The Morgan fingerprint density at radius 1 is 1.60 bits per heavy atom. The van der Waals surface area contributed by atoms with Gasteiger partial charge in [-0.05, 0) is 11.6 Å². The van der Waals surface area contributed by atoms with Gasteiger partial charge < -0.3 is 10.8 Å². The molecule has 1 aromatic rings. The first-order valence-corrected chi connectivity index (χ1v) is 4.74. The molecular weight excluding hydrogens is 221 g/mol. The maximum atomic E-state index is 12.7. The van der Waals surface area contributed by atoms with E-state index >= 15 is 0 Å². The second kappa shape index (κ2) is 5.09. The fraction of sp³-hybridized carbons (Fsp3) is 0.300. The van der Waals surface area contributed by atoms with Crippen LogP contribution in [-0.2, 0) is 11.5 Å². The molecular formula is C10H11ClFNO2. The van der Waals surface area contributed by atoms with E-state index in [1.807, 2.05) is 0 Å². The number of halogens is 2. The molecule has 3 nitrogen and oxygen atoms in total. The van der Waals surface area contributed by atoms with Crippen molar-refractivity contribution in [3.63, 3.8) is 0 Å². The molecule has 0 amide bonds. The Morgan fingerprint density at radius 2 is 2.27 bits per heavy atom. The highest BCUT2D eigenvalue weighted by Gasteiger charge is 2.16. The molecule has 0 aliphatic heterocycles. The van der Waals surface area contributed by atoms with Crippen LogP contribution in [-0.4, -0.2) is 11.1 Å². The van der Waals surface area contributed by atoms with Gasteiger partial charge >= 0.3 is 5.97 Å². The van der Waals surface area contributed by atoms with E-state index in [4.69, 9.17) is 22.4 Å². The van der Waals surface area contributed by atoms with Crippen molar-refractivity contribution in [3.8, 4) is 0 Å². The maximum Gasteiger partial charge on any atom is 0.305 e. The quantitative estimate of drug-likeness (QED) is 0.836. The number of alkyl halides is 1. The number of hydrogen-bond donors (Lipinski definition) is 2. The van der Waals surface area contributed by atoms with Crippen molar-refractivity contribution in [1.82, 2.24) is 0 Å². The highest BCUT2D eigenvalue weighted by Crippen LogP contribution is 2.26. The first-order valence-electron chi connectivity index (χ1n) is 4.37. The number of carboxylic acids is 1. The number of benzene rings is 1. The lowest BCUT2D eigenvalue weighted by Crippen LogP contribution is -2.16. The van der Waals surface area contributed by atoms with Crippen LogP contribution in [0.25, 0.3) is 0 Å². The van der Waals surface area contributed by atoms with Crippen molar-refractivity contribution in [3.05, 3.63) is 34.3 Å². The van der Waals surface area contributed by atoms with Gasteiger partial charge in [-0.2, -0.15) is 0 Å². The minimum Gasteiger partial charge on any atom is -0.481 e. The number of carbonyl (C=O) groups is 1. The smallest absolute Gasteiger partial charge is 0.305 e. The molecule has 1 atom stereocenters. The van der Waals surface area contributed by atoms with Gasteiger partial charge in [0, 0.05) is 16.6 Å². The lowest BCUT2D eigenvalue weighted by molar-refractivity contribution is -0.137. The number of rotatable bonds is 4. The van der Waals surface area contributed by atoms with Gasteiger partial charge in [0.05, 0.1) is 6.42 Å². The molecule has 1 rings (SSSR count). The van der Waals surface area contributed by atoms with Gasteiger partial charge in [0.2, 0.25) is 0 Å². The van der Waals surface area contributed by atoms with Gasteiger partial charge in [-0.25, -0.2) is 4.39 Å². The highest BCUT2D eigenvalue weighted by atomic mass is 35.5. The Labute approximate surface area is 91.7 Å². The summed E-state index contributed by atoms with van der Waals surface area (Å²) in [4.78, 5) is 10.5. The Morgan fingerprint density at radius 3 is 2.80 bits per heavy atom. The van der Waals surface area contributed by atoms with E-state index in [2.05, 4.69) is 0 Å². The Bertz CT molecular complexity index is 370. The fourth-order valence-electron chi connectivity index (χ4n) is 1.36. The van der Waals surface area contributed by atoms with Crippen LogP contribution in [0.4, 0.5) is 4.39 Å². The monoisotopic (exact) mass is 231 g/mol. The average Bonchev–Trinajstić information content (AvgIpc) is 2.16. The lowest BCUT2D eigenvalue weighted by Gasteiger charge is -2.14. The van der Waals surface area contributed by atoms with Crippen molar-refractivity contribution in [2.75, 3.05) is 0 Å². The van der Waals surface area contributed by atoms with Crippen LogP contribution in [0.5, 0.6) is 0 Å². The molecule has 0 saturated heterocycles. The molecule has 0 saturated carbocycles. The summed E-state index contributed by atoms with van der Waals surface area (Å²) < 4.78 is 12.7. The van der Waals surface area contributed by atoms with Crippen molar-refractivity contribution >= 4 is 17.6 Å². The van der Waals surface area contributed by atoms with Gasteiger partial charge in [0.1, 0.15) is 6.67 Å². The van der Waals surface area contributed by atoms with Crippen molar-refractivity contribution in [2.24, 2.45) is 5.73 Å². The largest absolute Gasteiger partial charge is 0.481 e. The summed E-state index contributed by atoms with van der Waals surface area (Å²) in [5, 5.41) is 8.85. The minimum absolute atomic E-state index is 0.243. The van der Waals surface area contributed by atoms with Crippen LogP contribution in [0.15, 0.2) is 18.2 Å². The number of hydrogen-bond acceptors (Lipinski definition) is 2. The van der Waals surface area contributed by atoms with Crippen molar-refractivity contribution in [2.45, 2.75) is 19.1 Å². The second-order valence-corrected chi connectivity index (χ2v) is 3.55. The van der Waals surface area contributed by atoms with E-state index in [9.17, 15) is 9.18 Å². The van der Waals surface area contributed by atoms with Crippen molar-refractivity contribution in [1.29, 1.82) is 0 Å². The summed E-state index contributed by atoms with van der Waals surface area (Å²) in [6, 6.07) is 4.03. The molecule has 0 spiro atoms. The topological polar surface area (TPSA) is 63.3 Å². The minimum atomic E-state index is -1.02. The molecule has 1 unspecified atom stereocenters. The summed E-state index contributed by atoms with van der Waals surface area (Å²) in [7, 11) is 0. The van der Waals surface area contributed by atoms with Crippen LogP contribution in [0.2, 0.25) is 5.02 Å². The van der Waals surface area contributed by atoms with Gasteiger partial charge in [-0.15, -0.1) is 0 Å². The molecule has 5 heteroatoms. The first-order chi connectivity index (χ1) is 7.06. The SMILES string of the molecule is NC(CC(=O)O)c1cccc(Cl)c1CF. The molecule has 3 N–H and O–H groups in total. The van der Waals surface area contributed by atoms with E-state index in [1.165, 1.54) is 0 Å². The Kier molecular flexibility index (Phi) is 4.05.